The number of rotatable bonds is 6. The van der Waals surface area contributed by atoms with Gasteiger partial charge >= 0.3 is 6.03 Å². The van der Waals surface area contributed by atoms with Gasteiger partial charge in [-0.25, -0.2) is 4.79 Å². The zero-order chi connectivity index (χ0) is 21.5. The van der Waals surface area contributed by atoms with Gasteiger partial charge in [0.05, 0.1) is 18.8 Å². The van der Waals surface area contributed by atoms with Crippen LogP contribution in [0.1, 0.15) is 39.5 Å². The molecule has 0 aliphatic carbocycles. The third kappa shape index (κ3) is 5.87. The van der Waals surface area contributed by atoms with Gasteiger partial charge in [-0.15, -0.1) is 0 Å². The molecule has 0 saturated carbocycles. The van der Waals surface area contributed by atoms with E-state index in [1.165, 1.54) is 0 Å². The van der Waals surface area contributed by atoms with Crippen molar-refractivity contribution in [1.29, 1.82) is 0 Å². The van der Waals surface area contributed by atoms with Crippen LogP contribution in [-0.2, 0) is 9.59 Å². The van der Waals surface area contributed by atoms with Crippen LogP contribution in [0.15, 0.2) is 24.3 Å². The highest BCUT2D eigenvalue weighted by atomic mass is 16.5. The smallest absolute Gasteiger partial charge is 0.321 e. The molecule has 30 heavy (non-hydrogen) atoms. The predicted octanol–water partition coefficient (Wildman–Crippen LogP) is 2.14. The molecule has 2 aliphatic heterocycles. The number of carbonyl (C=O) groups excluding carboxylic acids is 3. The molecule has 1 aromatic carbocycles. The molecule has 0 spiro atoms. The second-order valence-electron chi connectivity index (χ2n) is 8.33. The number of benzene rings is 1. The number of piperidine rings is 1. The lowest BCUT2D eigenvalue weighted by Gasteiger charge is -2.38. The molecule has 0 unspecified atom stereocenters. The molecule has 2 heterocycles. The van der Waals surface area contributed by atoms with Gasteiger partial charge in [-0.1, -0.05) is 26.0 Å². The van der Waals surface area contributed by atoms with Crippen molar-refractivity contribution in [3.05, 3.63) is 24.3 Å². The molecule has 0 radical (unpaired) electrons. The number of likely N-dealkylation sites (tertiary alicyclic amines) is 1. The molecule has 164 valence electrons. The summed E-state index contributed by atoms with van der Waals surface area (Å²) in [5.74, 6) is 0.590. The Balaban J connectivity index is 1.61. The van der Waals surface area contributed by atoms with Crippen LogP contribution >= 0.6 is 0 Å². The van der Waals surface area contributed by atoms with E-state index in [0.717, 1.165) is 44.5 Å². The molecule has 1 atom stereocenters. The summed E-state index contributed by atoms with van der Waals surface area (Å²) in [6, 6.07) is 6.86. The zero-order valence-corrected chi connectivity index (χ0v) is 17.9. The van der Waals surface area contributed by atoms with Gasteiger partial charge in [-0.05, 0) is 43.7 Å². The molecule has 1 fully saturated rings. The number of para-hydroxylation sites is 2. The Hall–Kier alpha value is -2.77. The number of hydrogen-bond acceptors (Lipinski definition) is 5. The molecule has 8 heteroatoms. The van der Waals surface area contributed by atoms with E-state index in [0.29, 0.717) is 18.2 Å². The molecular formula is C22H32N4O4. The molecule has 3 rings (SSSR count). The number of hydrogen-bond donors (Lipinski definition) is 2. The van der Waals surface area contributed by atoms with E-state index in [1.807, 2.05) is 28.0 Å². The Labute approximate surface area is 177 Å². The van der Waals surface area contributed by atoms with Crippen LogP contribution < -0.4 is 20.3 Å². The number of amides is 4. The summed E-state index contributed by atoms with van der Waals surface area (Å²) in [7, 11) is 0. The number of nitrogens with one attached hydrogen (secondary N) is 2. The summed E-state index contributed by atoms with van der Waals surface area (Å²) in [6.45, 7) is 6.40. The van der Waals surface area contributed by atoms with Crippen molar-refractivity contribution in [2.45, 2.75) is 45.6 Å². The van der Waals surface area contributed by atoms with E-state index >= 15 is 0 Å². The van der Waals surface area contributed by atoms with Crippen LogP contribution in [0.5, 0.6) is 5.75 Å². The summed E-state index contributed by atoms with van der Waals surface area (Å²) in [6.07, 6.45) is 3.34. The van der Waals surface area contributed by atoms with Crippen molar-refractivity contribution in [2.75, 3.05) is 37.6 Å². The van der Waals surface area contributed by atoms with Gasteiger partial charge in [-0.2, -0.15) is 0 Å². The Morgan fingerprint density at radius 1 is 1.13 bits per heavy atom. The number of imide groups is 1. The summed E-state index contributed by atoms with van der Waals surface area (Å²) >= 11 is 0. The minimum absolute atomic E-state index is 0.0260. The third-order valence-corrected chi connectivity index (χ3v) is 5.40. The van der Waals surface area contributed by atoms with E-state index in [-0.39, 0.29) is 19.0 Å². The van der Waals surface area contributed by atoms with Crippen molar-refractivity contribution in [2.24, 2.45) is 5.92 Å². The summed E-state index contributed by atoms with van der Waals surface area (Å²) in [4.78, 5) is 41.0. The first-order valence-corrected chi connectivity index (χ1v) is 10.8. The van der Waals surface area contributed by atoms with E-state index < -0.39 is 18.0 Å². The normalized spacial score (nSPS) is 18.4. The van der Waals surface area contributed by atoms with Crippen molar-refractivity contribution in [1.82, 2.24) is 15.5 Å². The van der Waals surface area contributed by atoms with E-state index in [2.05, 4.69) is 24.5 Å². The molecule has 0 aromatic heterocycles. The molecule has 1 aromatic rings. The van der Waals surface area contributed by atoms with E-state index in [1.54, 1.807) is 6.07 Å². The number of ether oxygens (including phenoxy) is 1. The highest BCUT2D eigenvalue weighted by molar-refractivity contribution is 5.97. The molecule has 8 nitrogen and oxygen atoms in total. The number of anilines is 1. The van der Waals surface area contributed by atoms with Gasteiger partial charge in [0.15, 0.2) is 6.10 Å². The van der Waals surface area contributed by atoms with Crippen LogP contribution in [0.2, 0.25) is 0 Å². The second-order valence-corrected chi connectivity index (χ2v) is 8.33. The van der Waals surface area contributed by atoms with Crippen LogP contribution in [0, 0.1) is 5.92 Å². The van der Waals surface area contributed by atoms with Gasteiger partial charge in [0.1, 0.15) is 5.75 Å². The first kappa shape index (κ1) is 21.9. The predicted molar refractivity (Wildman–Crippen MR) is 114 cm³/mol. The zero-order valence-electron chi connectivity index (χ0n) is 17.9. The van der Waals surface area contributed by atoms with Crippen LogP contribution in [0.3, 0.4) is 0 Å². The third-order valence-electron chi connectivity index (χ3n) is 5.40. The molecule has 2 aliphatic rings. The lowest BCUT2D eigenvalue weighted by atomic mass is 10.1. The maximum atomic E-state index is 13.0. The average Bonchev–Trinajstić information content (AvgIpc) is 2.73. The summed E-state index contributed by atoms with van der Waals surface area (Å²) in [5, 5.41) is 5.07. The van der Waals surface area contributed by atoms with Crippen molar-refractivity contribution >= 4 is 23.5 Å². The highest BCUT2D eigenvalue weighted by Crippen LogP contribution is 2.33. The Morgan fingerprint density at radius 2 is 1.87 bits per heavy atom. The minimum Gasteiger partial charge on any atom is -0.477 e. The largest absolute Gasteiger partial charge is 0.477 e. The molecule has 1 saturated heterocycles. The Bertz CT molecular complexity index is 761. The Morgan fingerprint density at radius 3 is 2.60 bits per heavy atom. The first-order valence-electron chi connectivity index (χ1n) is 10.8. The standard InChI is InChI=1S/C22H32N4O4/c1-16(2)10-11-23-22(29)24-20(27)15-26-14-19(21(28)25-12-6-3-7-13-25)30-18-9-5-4-8-17(18)26/h4-5,8-9,16,19H,3,6-7,10-15H2,1-2H3,(H2,23,24,27,29)/t19-/m1/s1. The van der Waals surface area contributed by atoms with Gasteiger partial charge < -0.3 is 19.9 Å². The number of urea groups is 1. The molecule has 2 N–H and O–H groups in total. The highest BCUT2D eigenvalue weighted by Gasteiger charge is 2.34. The maximum absolute atomic E-state index is 13.0. The average molecular weight is 417 g/mol. The SMILES string of the molecule is CC(C)CCNC(=O)NC(=O)CN1C[C@H](C(=O)N2CCCCC2)Oc2ccccc21. The fourth-order valence-corrected chi connectivity index (χ4v) is 3.76. The van der Waals surface area contributed by atoms with E-state index in [9.17, 15) is 14.4 Å². The van der Waals surface area contributed by atoms with Gasteiger partial charge in [0, 0.05) is 19.6 Å². The van der Waals surface area contributed by atoms with Crippen LogP contribution in [0.4, 0.5) is 10.5 Å². The van der Waals surface area contributed by atoms with Crippen LogP contribution in [-0.4, -0.2) is 61.6 Å². The van der Waals surface area contributed by atoms with Crippen LogP contribution in [0.25, 0.3) is 0 Å². The van der Waals surface area contributed by atoms with Gasteiger partial charge in [-0.3, -0.25) is 14.9 Å². The Kier molecular flexibility index (Phi) is 7.54. The second kappa shape index (κ2) is 10.3. The lowest BCUT2D eigenvalue weighted by molar-refractivity contribution is -0.139. The lowest BCUT2D eigenvalue weighted by Crippen LogP contribution is -2.53. The van der Waals surface area contributed by atoms with Crippen molar-refractivity contribution in [3.63, 3.8) is 0 Å². The monoisotopic (exact) mass is 416 g/mol. The quantitative estimate of drug-likeness (QED) is 0.741. The number of carbonyl (C=O) groups is 3. The minimum atomic E-state index is -0.661. The van der Waals surface area contributed by atoms with Gasteiger partial charge in [0.25, 0.3) is 5.91 Å². The summed E-state index contributed by atoms with van der Waals surface area (Å²) in [5.41, 5.74) is 0.746. The first-order chi connectivity index (χ1) is 14.4. The maximum Gasteiger partial charge on any atom is 0.321 e. The number of nitrogens with zero attached hydrogens (tertiary/aromatic N) is 2. The molecule has 0 bridgehead atoms. The van der Waals surface area contributed by atoms with Gasteiger partial charge in [0.2, 0.25) is 5.91 Å². The van der Waals surface area contributed by atoms with E-state index in [4.69, 9.17) is 4.74 Å². The summed E-state index contributed by atoms with van der Waals surface area (Å²) < 4.78 is 5.97. The topological polar surface area (TPSA) is 91.0 Å². The van der Waals surface area contributed by atoms with Crippen molar-refractivity contribution < 1.29 is 19.1 Å². The fraction of sp³-hybridized carbons (Fsp3) is 0.591. The van der Waals surface area contributed by atoms with Crippen molar-refractivity contribution in [3.8, 4) is 5.75 Å². The molecule has 4 amide bonds. The fourth-order valence-electron chi connectivity index (χ4n) is 3.76. The molecular weight excluding hydrogens is 384 g/mol. The number of fused-ring (bicyclic) bond motifs is 1.